The van der Waals surface area contributed by atoms with Crippen molar-refractivity contribution in [3.8, 4) is 0 Å². The van der Waals surface area contributed by atoms with Crippen LogP contribution in [0.5, 0.6) is 0 Å². The molecule has 4 saturated carbocycles. The van der Waals surface area contributed by atoms with Crippen LogP contribution in [0.15, 0.2) is 0 Å². The van der Waals surface area contributed by atoms with E-state index in [4.69, 9.17) is 18.9 Å². The molecule has 8 aliphatic rings. The summed E-state index contributed by atoms with van der Waals surface area (Å²) in [6.07, 6.45) is 29.1. The molecule has 40 heavy (non-hydrogen) atoms. The molecule has 4 aliphatic heterocycles. The zero-order valence-electron chi connectivity index (χ0n) is 25.7. The summed E-state index contributed by atoms with van der Waals surface area (Å²) in [5, 5.41) is 0. The monoisotopic (exact) mass is 554 g/mol. The first-order valence-electron chi connectivity index (χ1n) is 18.0. The van der Waals surface area contributed by atoms with Gasteiger partial charge in [0.2, 0.25) is 0 Å². The summed E-state index contributed by atoms with van der Waals surface area (Å²) in [5.41, 5.74) is 0.958. The van der Waals surface area contributed by atoms with Gasteiger partial charge in [-0.3, -0.25) is 0 Å². The molecule has 8 unspecified atom stereocenters. The molecule has 0 amide bonds. The Morgan fingerprint density at radius 1 is 0.475 bits per heavy atom. The van der Waals surface area contributed by atoms with E-state index >= 15 is 0 Å². The number of hydrogen-bond acceptors (Lipinski definition) is 4. The van der Waals surface area contributed by atoms with Gasteiger partial charge in [-0.25, -0.2) is 0 Å². The van der Waals surface area contributed by atoms with E-state index in [2.05, 4.69) is 13.8 Å². The molecule has 4 heteroatoms. The second-order valence-electron chi connectivity index (χ2n) is 16.8. The van der Waals surface area contributed by atoms with Gasteiger partial charge in [0.15, 0.2) is 0 Å². The van der Waals surface area contributed by atoms with E-state index in [0.29, 0.717) is 47.5 Å². The minimum atomic E-state index is 0.454. The second kappa shape index (κ2) is 10.8. The Labute approximate surface area is 244 Å². The number of hydrogen-bond donors (Lipinski definition) is 0. The van der Waals surface area contributed by atoms with Crippen LogP contribution in [0.1, 0.15) is 129 Å². The second-order valence-corrected chi connectivity index (χ2v) is 16.8. The van der Waals surface area contributed by atoms with E-state index in [0.717, 1.165) is 48.7 Å². The van der Waals surface area contributed by atoms with Gasteiger partial charge in [0.1, 0.15) is 0 Å². The highest BCUT2D eigenvalue weighted by atomic mass is 16.6. The van der Waals surface area contributed by atoms with Gasteiger partial charge < -0.3 is 18.9 Å². The Balaban J connectivity index is 0.992. The van der Waals surface area contributed by atoms with Crippen molar-refractivity contribution < 1.29 is 18.9 Å². The zero-order chi connectivity index (χ0) is 26.9. The minimum absolute atomic E-state index is 0.454. The molecule has 4 heterocycles. The van der Waals surface area contributed by atoms with Crippen LogP contribution in [0.25, 0.3) is 0 Å². The maximum atomic E-state index is 6.10. The predicted molar refractivity (Wildman–Crippen MR) is 157 cm³/mol. The van der Waals surface area contributed by atoms with E-state index in [1.807, 2.05) is 0 Å². The van der Waals surface area contributed by atoms with Gasteiger partial charge >= 0.3 is 0 Å². The van der Waals surface area contributed by atoms with Crippen molar-refractivity contribution in [1.29, 1.82) is 0 Å². The third kappa shape index (κ3) is 5.71. The van der Waals surface area contributed by atoms with Crippen molar-refractivity contribution in [3.63, 3.8) is 0 Å². The molecule has 8 atom stereocenters. The van der Waals surface area contributed by atoms with E-state index < -0.39 is 0 Å². The van der Waals surface area contributed by atoms with E-state index in [-0.39, 0.29) is 0 Å². The fourth-order valence-corrected chi connectivity index (χ4v) is 11.3. The molecular formula is C36H58O4. The number of ether oxygens (including phenoxy) is 4. The maximum Gasteiger partial charge on any atom is 0.0844 e. The average Bonchev–Trinajstić information content (AvgIpc) is 3.80. The third-order valence-corrected chi connectivity index (χ3v) is 14.6. The topological polar surface area (TPSA) is 50.1 Å². The average molecular weight is 555 g/mol. The van der Waals surface area contributed by atoms with Crippen molar-refractivity contribution in [3.05, 3.63) is 0 Å². The van der Waals surface area contributed by atoms with Crippen molar-refractivity contribution in [2.24, 2.45) is 46.3 Å². The Morgan fingerprint density at radius 3 is 1.23 bits per heavy atom. The summed E-state index contributed by atoms with van der Waals surface area (Å²) < 4.78 is 23.4. The number of rotatable bonds is 11. The van der Waals surface area contributed by atoms with Gasteiger partial charge in [-0.05, 0) is 136 Å². The lowest BCUT2D eigenvalue weighted by Crippen LogP contribution is -2.44. The molecule has 0 aromatic carbocycles. The molecule has 0 spiro atoms. The minimum Gasteiger partial charge on any atom is -0.373 e. The summed E-state index contributed by atoms with van der Waals surface area (Å²) in [7, 11) is 0. The molecule has 4 aliphatic carbocycles. The van der Waals surface area contributed by atoms with Crippen molar-refractivity contribution in [2.75, 3.05) is 13.2 Å². The highest BCUT2D eigenvalue weighted by Gasteiger charge is 2.55. The molecule has 0 radical (unpaired) electrons. The number of fused-ring (bicyclic) bond motifs is 2. The van der Waals surface area contributed by atoms with Crippen LogP contribution in [0.3, 0.4) is 0 Å². The maximum absolute atomic E-state index is 6.10. The predicted octanol–water partition coefficient (Wildman–Crippen LogP) is 8.10. The Bertz CT molecular complexity index is 817. The summed E-state index contributed by atoms with van der Waals surface area (Å²) in [5.74, 6) is 5.40. The van der Waals surface area contributed by atoms with Crippen LogP contribution >= 0.6 is 0 Å². The summed E-state index contributed by atoms with van der Waals surface area (Å²) >= 11 is 0. The first-order chi connectivity index (χ1) is 19.5. The van der Waals surface area contributed by atoms with Crippen LogP contribution in [0.2, 0.25) is 0 Å². The van der Waals surface area contributed by atoms with E-state index in [1.165, 1.54) is 116 Å². The Hall–Kier alpha value is -0.160. The van der Waals surface area contributed by atoms with Gasteiger partial charge in [0.05, 0.1) is 49.8 Å². The molecule has 0 aromatic heterocycles. The van der Waals surface area contributed by atoms with Crippen molar-refractivity contribution in [2.45, 2.75) is 166 Å². The molecule has 0 aromatic rings. The van der Waals surface area contributed by atoms with Gasteiger partial charge in [-0.2, -0.15) is 0 Å². The SMILES string of the molecule is CC(CCC(C)(C1CCC2OC2C1)C1CCC2OC2C1)(C1CCC(CC2CO2)CC1)C1CCC(CC2CO2)CC1. The largest absolute Gasteiger partial charge is 0.373 e. The Kier molecular flexibility index (Phi) is 7.38. The highest BCUT2D eigenvalue weighted by molar-refractivity contribution is 5.04. The highest BCUT2D eigenvalue weighted by Crippen LogP contribution is 2.60. The van der Waals surface area contributed by atoms with Gasteiger partial charge in [0.25, 0.3) is 0 Å². The van der Waals surface area contributed by atoms with Crippen molar-refractivity contribution >= 4 is 0 Å². The molecular weight excluding hydrogens is 496 g/mol. The van der Waals surface area contributed by atoms with Crippen LogP contribution in [0.4, 0.5) is 0 Å². The zero-order valence-corrected chi connectivity index (χ0v) is 25.7. The standard InChI is InChI=1S/C36H58O4/c1-35(25-7-3-23(4-8-25)17-29-21-37-29,26-9-5-24(6-10-26)18-30-22-38-30)15-16-36(2,27-11-13-31-33(19-27)39-31)28-12-14-32-34(20-28)40-32/h23-34H,3-22H2,1-2H3. The van der Waals surface area contributed by atoms with Gasteiger partial charge in [-0.15, -0.1) is 0 Å². The lowest BCUT2D eigenvalue weighted by Gasteiger charge is -2.52. The Morgan fingerprint density at radius 2 is 0.850 bits per heavy atom. The first kappa shape index (κ1) is 27.4. The number of epoxide rings is 4. The first-order valence-corrected chi connectivity index (χ1v) is 18.0. The van der Waals surface area contributed by atoms with Gasteiger partial charge in [-0.1, -0.05) is 39.5 Å². The fraction of sp³-hybridized carbons (Fsp3) is 1.00. The molecule has 0 N–H and O–H groups in total. The van der Waals surface area contributed by atoms with Crippen LogP contribution in [-0.2, 0) is 18.9 Å². The van der Waals surface area contributed by atoms with Crippen LogP contribution in [0, 0.1) is 46.3 Å². The van der Waals surface area contributed by atoms with E-state index in [9.17, 15) is 0 Å². The van der Waals surface area contributed by atoms with Gasteiger partial charge in [0, 0.05) is 0 Å². The fourth-order valence-electron chi connectivity index (χ4n) is 11.3. The summed E-state index contributed by atoms with van der Waals surface area (Å²) in [6, 6.07) is 0. The molecule has 4 saturated heterocycles. The summed E-state index contributed by atoms with van der Waals surface area (Å²) in [6.45, 7) is 7.63. The van der Waals surface area contributed by atoms with Crippen LogP contribution < -0.4 is 0 Å². The molecule has 226 valence electrons. The van der Waals surface area contributed by atoms with E-state index in [1.54, 1.807) is 0 Å². The molecule has 0 bridgehead atoms. The molecule has 8 rings (SSSR count). The molecule has 8 fully saturated rings. The lowest BCUT2D eigenvalue weighted by molar-refractivity contribution is -0.0250. The normalized spacial score (nSPS) is 50.5. The third-order valence-electron chi connectivity index (χ3n) is 14.6. The van der Waals surface area contributed by atoms with Crippen LogP contribution in [-0.4, -0.2) is 49.8 Å². The summed E-state index contributed by atoms with van der Waals surface area (Å²) in [4.78, 5) is 0. The lowest BCUT2D eigenvalue weighted by atomic mass is 9.52. The van der Waals surface area contributed by atoms with Crippen molar-refractivity contribution in [1.82, 2.24) is 0 Å². The quantitative estimate of drug-likeness (QED) is 0.242. The smallest absolute Gasteiger partial charge is 0.0844 e. The molecule has 4 nitrogen and oxygen atoms in total.